The molecular formula is C21H18ClN3O3. The molecule has 1 aliphatic rings. The first-order valence-corrected chi connectivity index (χ1v) is 9.34. The molecule has 6 nitrogen and oxygen atoms in total. The minimum Gasteiger partial charge on any atom is -0.381 e. The average molecular weight is 396 g/mol. The fraction of sp³-hybridized carbons (Fsp3) is 0.190. The molecule has 28 heavy (non-hydrogen) atoms. The molecule has 4 rings (SSSR count). The second-order valence-electron chi connectivity index (χ2n) is 6.56. The van der Waals surface area contributed by atoms with Gasteiger partial charge in [-0.2, -0.15) is 0 Å². The third kappa shape index (κ3) is 3.69. The molecule has 0 bridgehead atoms. The van der Waals surface area contributed by atoms with Crippen LogP contribution in [0.3, 0.4) is 0 Å². The summed E-state index contributed by atoms with van der Waals surface area (Å²) in [5.41, 5.74) is 7.39. The maximum Gasteiger partial charge on any atom is 0.270 e. The van der Waals surface area contributed by atoms with E-state index in [4.69, 9.17) is 16.3 Å². The normalized spacial score (nSPS) is 16.1. The minimum absolute atomic E-state index is 0.242. The van der Waals surface area contributed by atoms with E-state index in [9.17, 15) is 9.59 Å². The first kappa shape index (κ1) is 18.4. The molecule has 1 atom stereocenters. The Bertz CT molecular complexity index is 1050. The summed E-state index contributed by atoms with van der Waals surface area (Å²) in [5, 5.41) is 1.24. The molecule has 0 radical (unpaired) electrons. The monoisotopic (exact) mass is 395 g/mol. The standard InChI is InChI=1S/C21H18ClN3O3/c22-17-7-3-1-6-15(17)19-11-16(14-5-2-4-8-18(14)23-19)21(27)25-24-20(26)13-9-10-28-12-13/h1-8,11,13H,9-10,12H2,(H,24,26)(H,25,27)/t13-/m1/s1. The summed E-state index contributed by atoms with van der Waals surface area (Å²) < 4.78 is 5.21. The molecule has 1 saturated heterocycles. The Morgan fingerprint density at radius 3 is 2.64 bits per heavy atom. The van der Waals surface area contributed by atoms with Crippen LogP contribution in [0.2, 0.25) is 5.02 Å². The SMILES string of the molecule is O=C(NNC(=O)[C@@H]1CCOC1)c1cc(-c2ccccc2Cl)nc2ccccc12. The molecule has 2 N–H and O–H groups in total. The van der Waals surface area contributed by atoms with Crippen LogP contribution in [0.1, 0.15) is 16.8 Å². The molecular weight excluding hydrogens is 378 g/mol. The van der Waals surface area contributed by atoms with Crippen LogP contribution in [0.4, 0.5) is 0 Å². The molecule has 0 aliphatic carbocycles. The van der Waals surface area contributed by atoms with Gasteiger partial charge in [0.2, 0.25) is 5.91 Å². The zero-order valence-corrected chi connectivity index (χ0v) is 15.7. The number of halogens is 1. The van der Waals surface area contributed by atoms with Gasteiger partial charge in [0.25, 0.3) is 5.91 Å². The number of fused-ring (bicyclic) bond motifs is 1. The highest BCUT2D eigenvalue weighted by Crippen LogP contribution is 2.29. The molecule has 1 aromatic heterocycles. The predicted molar refractivity (Wildman–Crippen MR) is 107 cm³/mol. The van der Waals surface area contributed by atoms with Gasteiger partial charge in [0.05, 0.1) is 29.3 Å². The summed E-state index contributed by atoms with van der Waals surface area (Å²) >= 11 is 6.31. The van der Waals surface area contributed by atoms with Crippen molar-refractivity contribution in [3.8, 4) is 11.3 Å². The van der Waals surface area contributed by atoms with E-state index in [2.05, 4.69) is 15.8 Å². The highest BCUT2D eigenvalue weighted by Gasteiger charge is 2.24. The zero-order chi connectivity index (χ0) is 19.5. The van der Waals surface area contributed by atoms with Gasteiger partial charge in [-0.15, -0.1) is 0 Å². The van der Waals surface area contributed by atoms with Gasteiger partial charge in [0, 0.05) is 22.6 Å². The molecule has 0 saturated carbocycles. The molecule has 3 aromatic rings. The molecule has 0 unspecified atom stereocenters. The molecule has 7 heteroatoms. The number of benzene rings is 2. The summed E-state index contributed by atoms with van der Waals surface area (Å²) in [6.45, 7) is 0.929. The average Bonchev–Trinajstić information content (AvgIpc) is 3.26. The fourth-order valence-electron chi connectivity index (χ4n) is 3.20. The van der Waals surface area contributed by atoms with Gasteiger partial charge in [-0.05, 0) is 24.6 Å². The van der Waals surface area contributed by atoms with Crippen LogP contribution >= 0.6 is 11.6 Å². The molecule has 0 spiro atoms. The molecule has 142 valence electrons. The predicted octanol–water partition coefficient (Wildman–Crippen LogP) is 3.35. The quantitative estimate of drug-likeness (QED) is 0.666. The largest absolute Gasteiger partial charge is 0.381 e. The summed E-state index contributed by atoms with van der Waals surface area (Å²) in [6.07, 6.45) is 0.649. The van der Waals surface area contributed by atoms with Crippen LogP contribution in [0.25, 0.3) is 22.2 Å². The van der Waals surface area contributed by atoms with Crippen molar-refractivity contribution >= 4 is 34.3 Å². The van der Waals surface area contributed by atoms with E-state index in [1.807, 2.05) is 42.5 Å². The molecule has 2 amide bonds. The first-order valence-electron chi connectivity index (χ1n) is 8.96. The number of hydrogen-bond acceptors (Lipinski definition) is 4. The van der Waals surface area contributed by atoms with Crippen molar-refractivity contribution in [2.75, 3.05) is 13.2 Å². The smallest absolute Gasteiger partial charge is 0.270 e. The maximum absolute atomic E-state index is 12.8. The lowest BCUT2D eigenvalue weighted by Gasteiger charge is -2.13. The number of nitrogens with zero attached hydrogens (tertiary/aromatic N) is 1. The van der Waals surface area contributed by atoms with Crippen LogP contribution in [-0.2, 0) is 9.53 Å². The number of amides is 2. The van der Waals surface area contributed by atoms with Gasteiger partial charge in [-0.1, -0.05) is 48.0 Å². The Balaban J connectivity index is 1.66. The Morgan fingerprint density at radius 2 is 1.86 bits per heavy atom. The Labute approximate surface area is 166 Å². The van der Waals surface area contributed by atoms with Crippen LogP contribution in [0, 0.1) is 5.92 Å². The lowest BCUT2D eigenvalue weighted by atomic mass is 10.0. The summed E-state index contributed by atoms with van der Waals surface area (Å²) in [4.78, 5) is 29.6. The number of para-hydroxylation sites is 1. The van der Waals surface area contributed by atoms with Crippen LogP contribution < -0.4 is 10.9 Å². The Morgan fingerprint density at radius 1 is 1.07 bits per heavy atom. The van der Waals surface area contributed by atoms with E-state index in [0.29, 0.717) is 46.8 Å². The van der Waals surface area contributed by atoms with E-state index >= 15 is 0 Å². The van der Waals surface area contributed by atoms with Crippen molar-refractivity contribution in [3.63, 3.8) is 0 Å². The number of pyridine rings is 1. The molecule has 2 aromatic carbocycles. The van der Waals surface area contributed by atoms with E-state index in [-0.39, 0.29) is 11.8 Å². The van der Waals surface area contributed by atoms with Gasteiger partial charge >= 0.3 is 0 Å². The lowest BCUT2D eigenvalue weighted by molar-refractivity contribution is -0.125. The van der Waals surface area contributed by atoms with Crippen molar-refractivity contribution in [1.82, 2.24) is 15.8 Å². The Hall–Kier alpha value is -2.96. The fourth-order valence-corrected chi connectivity index (χ4v) is 3.43. The second-order valence-corrected chi connectivity index (χ2v) is 6.96. The molecule has 2 heterocycles. The van der Waals surface area contributed by atoms with Gasteiger partial charge in [-0.3, -0.25) is 20.4 Å². The first-order chi connectivity index (χ1) is 13.6. The zero-order valence-electron chi connectivity index (χ0n) is 14.9. The van der Waals surface area contributed by atoms with Crippen molar-refractivity contribution in [3.05, 3.63) is 65.2 Å². The highest BCUT2D eigenvalue weighted by atomic mass is 35.5. The molecule has 1 fully saturated rings. The van der Waals surface area contributed by atoms with Crippen LogP contribution in [0.15, 0.2) is 54.6 Å². The number of nitrogens with one attached hydrogen (secondary N) is 2. The van der Waals surface area contributed by atoms with E-state index in [1.54, 1.807) is 12.1 Å². The molecule has 1 aliphatic heterocycles. The third-order valence-electron chi connectivity index (χ3n) is 4.71. The number of carbonyl (C=O) groups is 2. The number of aromatic nitrogens is 1. The van der Waals surface area contributed by atoms with Crippen molar-refractivity contribution in [2.45, 2.75) is 6.42 Å². The van der Waals surface area contributed by atoms with Gasteiger partial charge in [0.15, 0.2) is 0 Å². The third-order valence-corrected chi connectivity index (χ3v) is 5.04. The summed E-state index contributed by atoms with van der Waals surface area (Å²) in [5.74, 6) is -0.914. The van der Waals surface area contributed by atoms with Gasteiger partial charge in [-0.25, -0.2) is 4.98 Å². The van der Waals surface area contributed by atoms with Crippen molar-refractivity contribution < 1.29 is 14.3 Å². The number of carbonyl (C=O) groups excluding carboxylic acids is 2. The van der Waals surface area contributed by atoms with E-state index in [1.165, 1.54) is 0 Å². The lowest BCUT2D eigenvalue weighted by Crippen LogP contribution is -2.44. The van der Waals surface area contributed by atoms with Gasteiger partial charge in [0.1, 0.15) is 0 Å². The summed E-state index contributed by atoms with van der Waals surface area (Å²) in [6, 6.07) is 16.4. The maximum atomic E-state index is 12.8. The van der Waals surface area contributed by atoms with Crippen LogP contribution in [0.5, 0.6) is 0 Å². The van der Waals surface area contributed by atoms with Crippen molar-refractivity contribution in [1.29, 1.82) is 0 Å². The summed E-state index contributed by atoms with van der Waals surface area (Å²) in [7, 11) is 0. The topological polar surface area (TPSA) is 80.3 Å². The highest BCUT2D eigenvalue weighted by molar-refractivity contribution is 6.33. The number of hydrazine groups is 1. The second kappa shape index (κ2) is 7.96. The number of rotatable bonds is 3. The van der Waals surface area contributed by atoms with Crippen molar-refractivity contribution in [2.24, 2.45) is 5.92 Å². The van der Waals surface area contributed by atoms with Gasteiger partial charge < -0.3 is 4.74 Å². The number of ether oxygens (including phenoxy) is 1. The minimum atomic E-state index is -0.417. The van der Waals surface area contributed by atoms with Crippen LogP contribution in [-0.4, -0.2) is 30.0 Å². The van der Waals surface area contributed by atoms with E-state index in [0.717, 1.165) is 5.56 Å². The Kier molecular flexibility index (Phi) is 5.23. The number of hydrogen-bond donors (Lipinski definition) is 2. The van der Waals surface area contributed by atoms with E-state index < -0.39 is 5.91 Å².